The fraction of sp³-hybridized carbons (Fsp3) is 0.524. The summed E-state index contributed by atoms with van der Waals surface area (Å²) in [5.74, 6) is 2.09. The summed E-state index contributed by atoms with van der Waals surface area (Å²) in [4.78, 5) is 11.1. The smallest absolute Gasteiger partial charge is 0.324 e. The number of nitrogens with zero attached hydrogens (tertiary/aromatic N) is 6. The van der Waals surface area contributed by atoms with Gasteiger partial charge in [-0.1, -0.05) is 11.2 Å². The number of fused-ring (bicyclic) bond motifs is 2. The van der Waals surface area contributed by atoms with Gasteiger partial charge >= 0.3 is 12.0 Å². The van der Waals surface area contributed by atoms with Crippen LogP contribution in [-0.4, -0.2) is 44.0 Å². The van der Waals surface area contributed by atoms with Crippen molar-refractivity contribution in [3.05, 3.63) is 35.9 Å². The molecule has 0 amide bonds. The number of piperidine rings is 1. The molecule has 1 aliphatic heterocycles. The Morgan fingerprint density at radius 2 is 1.97 bits per heavy atom. The summed E-state index contributed by atoms with van der Waals surface area (Å²) in [7, 11) is 0. The first-order valence-corrected chi connectivity index (χ1v) is 10.7. The van der Waals surface area contributed by atoms with Gasteiger partial charge in [0.1, 0.15) is 11.6 Å². The van der Waals surface area contributed by atoms with Crippen molar-refractivity contribution >= 4 is 12.0 Å². The zero-order chi connectivity index (χ0) is 21.5. The molecule has 5 rings (SSSR count). The molecule has 164 valence electrons. The number of hydrogen-bond donors (Lipinski definition) is 1. The molecule has 0 radical (unpaired) electrons. The number of aryl methyl sites for hydroxylation is 1. The quantitative estimate of drug-likeness (QED) is 0.635. The Morgan fingerprint density at radius 3 is 2.61 bits per heavy atom. The molecule has 10 heteroatoms. The van der Waals surface area contributed by atoms with Crippen molar-refractivity contribution in [2.45, 2.75) is 45.7 Å². The van der Waals surface area contributed by atoms with Crippen LogP contribution in [0.3, 0.4) is 0 Å². The molecule has 1 N–H and O–H groups in total. The molecule has 3 heterocycles. The molecule has 2 aromatic heterocycles. The Morgan fingerprint density at radius 1 is 1.19 bits per heavy atom. The predicted octanol–water partition coefficient (Wildman–Crippen LogP) is 3.81. The second-order valence-electron chi connectivity index (χ2n) is 8.61. The fourth-order valence-electron chi connectivity index (χ4n) is 4.59. The molecule has 1 aliphatic carbocycles. The van der Waals surface area contributed by atoms with Crippen LogP contribution in [0.4, 0.5) is 16.4 Å². The van der Waals surface area contributed by atoms with Crippen molar-refractivity contribution in [3.63, 3.8) is 0 Å². The van der Waals surface area contributed by atoms with Gasteiger partial charge in [-0.3, -0.25) is 0 Å². The zero-order valence-electron chi connectivity index (χ0n) is 17.8. The van der Waals surface area contributed by atoms with E-state index in [9.17, 15) is 4.39 Å². The van der Waals surface area contributed by atoms with Crippen LogP contribution in [0, 0.1) is 24.6 Å². The Balaban J connectivity index is 1.32. The van der Waals surface area contributed by atoms with Gasteiger partial charge in [0, 0.05) is 25.2 Å². The Kier molecular flexibility index (Phi) is 4.99. The molecule has 1 saturated heterocycles. The number of ether oxygens (including phenoxy) is 1. The molecule has 3 aromatic rings. The van der Waals surface area contributed by atoms with Crippen molar-refractivity contribution in [1.29, 1.82) is 0 Å². The number of hydrogen-bond acceptors (Lipinski definition) is 8. The predicted molar refractivity (Wildman–Crippen MR) is 112 cm³/mol. The summed E-state index contributed by atoms with van der Waals surface area (Å²) in [5, 5.41) is 12.1. The van der Waals surface area contributed by atoms with Gasteiger partial charge in [0.15, 0.2) is 5.82 Å². The highest BCUT2D eigenvalue weighted by atomic mass is 19.1. The summed E-state index contributed by atoms with van der Waals surface area (Å²) in [6, 6.07) is 7.28. The normalized spacial score (nSPS) is 22.9. The first-order valence-electron chi connectivity index (χ1n) is 10.7. The van der Waals surface area contributed by atoms with Crippen LogP contribution in [0.1, 0.15) is 38.6 Å². The average Bonchev–Trinajstić information content (AvgIpc) is 3.39. The number of benzene rings is 1. The van der Waals surface area contributed by atoms with Crippen LogP contribution in [0.25, 0.3) is 0 Å². The number of nitrogens with one attached hydrogen (secondary N) is 1. The number of anilines is 2. The zero-order valence-corrected chi connectivity index (χ0v) is 17.8. The van der Waals surface area contributed by atoms with Crippen molar-refractivity contribution in [2.24, 2.45) is 11.8 Å². The number of rotatable bonds is 6. The lowest BCUT2D eigenvalue weighted by Gasteiger charge is -2.37. The van der Waals surface area contributed by atoms with E-state index < -0.39 is 0 Å². The van der Waals surface area contributed by atoms with Crippen LogP contribution in [0.15, 0.2) is 28.8 Å². The lowest BCUT2D eigenvalue weighted by Crippen LogP contribution is -2.48. The Bertz CT molecular complexity index is 1050. The van der Waals surface area contributed by atoms with Gasteiger partial charge in [-0.15, -0.1) is 5.10 Å². The van der Waals surface area contributed by atoms with Gasteiger partial charge in [-0.2, -0.15) is 9.97 Å². The molecule has 9 nitrogen and oxygen atoms in total. The second-order valence-corrected chi connectivity index (χ2v) is 8.61. The molecule has 1 aromatic carbocycles. The van der Waals surface area contributed by atoms with E-state index in [-0.39, 0.29) is 17.9 Å². The van der Waals surface area contributed by atoms with Crippen molar-refractivity contribution < 1.29 is 13.7 Å². The minimum absolute atomic E-state index is 0.0472. The van der Waals surface area contributed by atoms with E-state index in [1.54, 1.807) is 16.8 Å². The third-order valence-electron chi connectivity index (χ3n) is 6.01. The minimum Gasteiger partial charge on any atom is -0.424 e. The standard InChI is InChI=1S/C21H26FN7O2/c1-12(2)29-21(30-17-6-4-5-16(22)9-17)25-19(26-29)24-18-14-7-8-15(18)11-28(10-14)20-23-13(3)27-31-20/h4-6,9,12,14-15,18H,7-8,10-11H2,1-3H3,(H,24,26)/t14-,15+,18?. The van der Waals surface area contributed by atoms with Gasteiger partial charge < -0.3 is 19.5 Å². The van der Waals surface area contributed by atoms with Crippen molar-refractivity contribution in [3.8, 4) is 11.8 Å². The first kappa shape index (κ1) is 19.8. The molecule has 3 atom stereocenters. The molecular formula is C21H26FN7O2. The monoisotopic (exact) mass is 427 g/mol. The van der Waals surface area contributed by atoms with Crippen LogP contribution in [0.2, 0.25) is 0 Å². The highest BCUT2D eigenvalue weighted by molar-refractivity contribution is 5.35. The summed E-state index contributed by atoms with van der Waals surface area (Å²) in [6.45, 7) is 7.55. The molecule has 1 unspecified atom stereocenters. The third-order valence-corrected chi connectivity index (χ3v) is 6.01. The van der Waals surface area contributed by atoms with E-state index in [0.29, 0.717) is 41.4 Å². The topological polar surface area (TPSA) is 94.1 Å². The van der Waals surface area contributed by atoms with E-state index in [1.165, 1.54) is 12.1 Å². The third kappa shape index (κ3) is 3.94. The molecule has 2 aliphatic rings. The maximum atomic E-state index is 13.5. The van der Waals surface area contributed by atoms with Crippen LogP contribution >= 0.6 is 0 Å². The first-order chi connectivity index (χ1) is 15.0. The molecular weight excluding hydrogens is 401 g/mol. The largest absolute Gasteiger partial charge is 0.424 e. The molecule has 0 spiro atoms. The van der Waals surface area contributed by atoms with E-state index >= 15 is 0 Å². The van der Waals surface area contributed by atoms with Crippen LogP contribution in [0.5, 0.6) is 11.8 Å². The summed E-state index contributed by atoms with van der Waals surface area (Å²) >= 11 is 0. The molecule has 2 bridgehead atoms. The highest BCUT2D eigenvalue weighted by Crippen LogP contribution is 2.40. The summed E-state index contributed by atoms with van der Waals surface area (Å²) in [6.07, 6.45) is 2.26. The lowest BCUT2D eigenvalue weighted by molar-refractivity contribution is 0.340. The van der Waals surface area contributed by atoms with Crippen molar-refractivity contribution in [2.75, 3.05) is 23.3 Å². The molecule has 31 heavy (non-hydrogen) atoms. The number of halogens is 1. The van der Waals surface area contributed by atoms with Gasteiger partial charge in [-0.05, 0) is 57.6 Å². The van der Waals surface area contributed by atoms with Gasteiger partial charge in [0.25, 0.3) is 0 Å². The summed E-state index contributed by atoms with van der Waals surface area (Å²) in [5.41, 5.74) is 0. The van der Waals surface area contributed by atoms with Crippen molar-refractivity contribution in [1.82, 2.24) is 24.9 Å². The number of aromatic nitrogens is 5. The minimum atomic E-state index is -0.355. The van der Waals surface area contributed by atoms with E-state index in [1.807, 2.05) is 20.8 Å². The molecule has 2 fully saturated rings. The van der Waals surface area contributed by atoms with Crippen LogP contribution < -0.4 is 15.0 Å². The van der Waals surface area contributed by atoms with Gasteiger partial charge in [0.05, 0.1) is 6.04 Å². The SMILES string of the molecule is Cc1noc(N2C[C@H]3CC[C@@H](C2)C3Nc2nc(Oc3cccc(F)c3)n(C(C)C)n2)n1. The van der Waals surface area contributed by atoms with Gasteiger partial charge in [0.2, 0.25) is 5.95 Å². The maximum Gasteiger partial charge on any atom is 0.324 e. The fourth-order valence-corrected chi connectivity index (χ4v) is 4.59. The average molecular weight is 427 g/mol. The van der Waals surface area contributed by atoms with E-state index in [4.69, 9.17) is 9.26 Å². The Hall–Kier alpha value is -3.17. The van der Waals surface area contributed by atoms with Gasteiger partial charge in [-0.25, -0.2) is 9.07 Å². The lowest BCUT2D eigenvalue weighted by atomic mass is 9.92. The van der Waals surface area contributed by atoms with E-state index in [2.05, 4.69) is 30.4 Å². The highest BCUT2D eigenvalue weighted by Gasteiger charge is 2.43. The summed E-state index contributed by atoms with van der Waals surface area (Å²) < 4.78 is 26.5. The maximum absolute atomic E-state index is 13.5. The van der Waals surface area contributed by atoms with E-state index in [0.717, 1.165) is 25.9 Å². The Labute approximate surface area is 179 Å². The second kappa shape index (κ2) is 7.82. The van der Waals surface area contributed by atoms with Crippen LogP contribution in [-0.2, 0) is 0 Å². The molecule has 1 saturated carbocycles.